The summed E-state index contributed by atoms with van der Waals surface area (Å²) in [5, 5.41) is 16.4. The van der Waals surface area contributed by atoms with Crippen LogP contribution >= 0.6 is 0 Å². The fourth-order valence-electron chi connectivity index (χ4n) is 1.25. The van der Waals surface area contributed by atoms with Gasteiger partial charge in [-0.2, -0.15) is 0 Å². The van der Waals surface area contributed by atoms with Crippen molar-refractivity contribution in [2.75, 3.05) is 13.1 Å². The number of aliphatic carboxylic acids is 1. The molecule has 0 bridgehead atoms. The molecule has 0 saturated heterocycles. The van der Waals surface area contributed by atoms with E-state index in [1.165, 1.54) is 6.92 Å². The van der Waals surface area contributed by atoms with Gasteiger partial charge >= 0.3 is 12.0 Å². The Kier molecular flexibility index (Phi) is 6.15. The van der Waals surface area contributed by atoms with Crippen molar-refractivity contribution in [3.63, 3.8) is 0 Å². The third-order valence-corrected chi connectivity index (χ3v) is 2.17. The van der Waals surface area contributed by atoms with Gasteiger partial charge in [0, 0.05) is 20.0 Å². The minimum Gasteiger partial charge on any atom is -0.480 e. The van der Waals surface area contributed by atoms with Crippen molar-refractivity contribution < 1.29 is 19.5 Å². The fraction of sp³-hybridized carbons (Fsp3) is 0.727. The number of carbonyl (C=O) groups is 3. The Bertz CT molecular complexity index is 323. The highest BCUT2D eigenvalue weighted by atomic mass is 16.4. The van der Waals surface area contributed by atoms with Crippen molar-refractivity contribution in [3.8, 4) is 0 Å². The van der Waals surface area contributed by atoms with E-state index in [-0.39, 0.29) is 12.5 Å². The number of hydrogen-bond acceptors (Lipinski definition) is 3. The van der Waals surface area contributed by atoms with E-state index in [0.717, 1.165) is 0 Å². The molecule has 7 heteroatoms. The summed E-state index contributed by atoms with van der Waals surface area (Å²) in [6.07, 6.45) is 0. The molecule has 0 rings (SSSR count). The van der Waals surface area contributed by atoms with E-state index in [1.54, 1.807) is 20.8 Å². The van der Waals surface area contributed by atoms with Gasteiger partial charge in [0.25, 0.3) is 0 Å². The Hall–Kier alpha value is -1.79. The molecule has 0 heterocycles. The first-order chi connectivity index (χ1) is 8.14. The first-order valence-electron chi connectivity index (χ1n) is 5.66. The van der Waals surface area contributed by atoms with Crippen LogP contribution in [-0.2, 0) is 9.59 Å². The maximum absolute atomic E-state index is 11.5. The van der Waals surface area contributed by atoms with Gasteiger partial charge < -0.3 is 21.1 Å². The van der Waals surface area contributed by atoms with Crippen LogP contribution in [0.4, 0.5) is 4.79 Å². The van der Waals surface area contributed by atoms with Crippen molar-refractivity contribution in [2.24, 2.45) is 5.41 Å². The minimum absolute atomic E-state index is 0.185. The van der Waals surface area contributed by atoms with E-state index in [2.05, 4.69) is 16.0 Å². The summed E-state index contributed by atoms with van der Waals surface area (Å²) in [7, 11) is 0. The van der Waals surface area contributed by atoms with Gasteiger partial charge in [-0.3, -0.25) is 4.79 Å². The highest BCUT2D eigenvalue weighted by Crippen LogP contribution is 2.19. The second kappa shape index (κ2) is 6.83. The monoisotopic (exact) mass is 259 g/mol. The lowest BCUT2D eigenvalue weighted by Crippen LogP contribution is -2.52. The molecule has 1 atom stereocenters. The Balaban J connectivity index is 4.12. The molecule has 7 nitrogen and oxygen atoms in total. The van der Waals surface area contributed by atoms with Crippen LogP contribution in [0.15, 0.2) is 0 Å². The predicted octanol–water partition coefficient (Wildman–Crippen LogP) is -0.0790. The van der Waals surface area contributed by atoms with Crippen molar-refractivity contribution >= 4 is 17.9 Å². The summed E-state index contributed by atoms with van der Waals surface area (Å²) in [6.45, 7) is 7.09. The molecule has 0 aliphatic carbocycles. The second-order valence-electron chi connectivity index (χ2n) is 5.02. The molecule has 0 fully saturated rings. The Morgan fingerprint density at radius 3 is 2.00 bits per heavy atom. The van der Waals surface area contributed by atoms with Crippen LogP contribution in [0.3, 0.4) is 0 Å². The smallest absolute Gasteiger partial charge is 0.326 e. The van der Waals surface area contributed by atoms with Crippen molar-refractivity contribution in [1.29, 1.82) is 0 Å². The first kappa shape index (κ1) is 16.2. The number of urea groups is 1. The number of carboxylic acid groups (broad SMARTS) is 1. The third-order valence-electron chi connectivity index (χ3n) is 2.17. The first-order valence-corrected chi connectivity index (χ1v) is 5.66. The van der Waals surface area contributed by atoms with Gasteiger partial charge in [0.1, 0.15) is 6.04 Å². The number of amides is 3. The molecule has 0 unspecified atom stereocenters. The molecule has 0 aliphatic rings. The highest BCUT2D eigenvalue weighted by Gasteiger charge is 2.32. The van der Waals surface area contributed by atoms with Crippen LogP contribution in [-0.4, -0.2) is 42.1 Å². The molecule has 18 heavy (non-hydrogen) atoms. The molecular weight excluding hydrogens is 238 g/mol. The topological polar surface area (TPSA) is 108 Å². The highest BCUT2D eigenvalue weighted by molar-refractivity contribution is 5.83. The molecular formula is C11H21N3O4. The van der Waals surface area contributed by atoms with Gasteiger partial charge in [0.15, 0.2) is 0 Å². The van der Waals surface area contributed by atoms with Crippen LogP contribution in [0.2, 0.25) is 0 Å². The van der Waals surface area contributed by atoms with Gasteiger partial charge in [0.05, 0.1) is 0 Å². The van der Waals surface area contributed by atoms with Crippen LogP contribution in [0.25, 0.3) is 0 Å². The summed E-state index contributed by atoms with van der Waals surface area (Å²) >= 11 is 0. The lowest BCUT2D eigenvalue weighted by molar-refractivity contribution is -0.141. The lowest BCUT2D eigenvalue weighted by atomic mass is 9.87. The molecule has 4 N–H and O–H groups in total. The summed E-state index contributed by atoms with van der Waals surface area (Å²) in [4.78, 5) is 33.0. The largest absolute Gasteiger partial charge is 0.480 e. The van der Waals surface area contributed by atoms with E-state index < -0.39 is 23.5 Å². The number of carboxylic acids is 1. The van der Waals surface area contributed by atoms with Gasteiger partial charge in [-0.25, -0.2) is 9.59 Å². The molecule has 0 spiro atoms. The maximum Gasteiger partial charge on any atom is 0.326 e. The molecule has 0 aromatic heterocycles. The van der Waals surface area contributed by atoms with Crippen molar-refractivity contribution in [2.45, 2.75) is 33.7 Å². The predicted molar refractivity (Wildman–Crippen MR) is 66.1 cm³/mol. The van der Waals surface area contributed by atoms with Gasteiger partial charge in [-0.1, -0.05) is 20.8 Å². The SMILES string of the molecule is CC(=O)NCCNC(=O)N[C@H](C(=O)O)C(C)(C)C. The van der Waals surface area contributed by atoms with Crippen molar-refractivity contribution in [1.82, 2.24) is 16.0 Å². The molecule has 0 radical (unpaired) electrons. The van der Waals surface area contributed by atoms with E-state index in [4.69, 9.17) is 5.11 Å². The van der Waals surface area contributed by atoms with Gasteiger partial charge in [-0.05, 0) is 5.41 Å². The molecule has 0 saturated carbocycles. The molecule has 0 aliphatic heterocycles. The van der Waals surface area contributed by atoms with Crippen LogP contribution in [0.1, 0.15) is 27.7 Å². The molecule has 3 amide bonds. The van der Waals surface area contributed by atoms with E-state index in [0.29, 0.717) is 6.54 Å². The summed E-state index contributed by atoms with van der Waals surface area (Å²) in [5.74, 6) is -1.27. The molecule has 0 aromatic carbocycles. The fourth-order valence-corrected chi connectivity index (χ4v) is 1.25. The minimum atomic E-state index is -1.08. The molecule has 0 aromatic rings. The second-order valence-corrected chi connectivity index (χ2v) is 5.02. The van der Waals surface area contributed by atoms with E-state index in [9.17, 15) is 14.4 Å². The number of nitrogens with one attached hydrogen (secondary N) is 3. The van der Waals surface area contributed by atoms with Crippen LogP contribution < -0.4 is 16.0 Å². The Labute approximate surface area is 106 Å². The Morgan fingerprint density at radius 1 is 1.11 bits per heavy atom. The zero-order valence-corrected chi connectivity index (χ0v) is 11.2. The van der Waals surface area contributed by atoms with E-state index >= 15 is 0 Å². The normalized spacial score (nSPS) is 12.4. The summed E-state index contributed by atoms with van der Waals surface area (Å²) in [5.41, 5.74) is -0.583. The quantitative estimate of drug-likeness (QED) is 0.518. The zero-order chi connectivity index (χ0) is 14.3. The molecule has 104 valence electrons. The summed E-state index contributed by atoms with van der Waals surface area (Å²) in [6, 6.07) is -1.54. The number of hydrogen-bond donors (Lipinski definition) is 4. The average molecular weight is 259 g/mol. The standard InChI is InChI=1S/C11H21N3O4/c1-7(15)12-5-6-13-10(18)14-8(9(16)17)11(2,3)4/h8H,5-6H2,1-4H3,(H,12,15)(H,16,17)(H2,13,14,18)/t8-/m1/s1. The third kappa shape index (κ3) is 6.72. The lowest BCUT2D eigenvalue weighted by Gasteiger charge is -2.27. The maximum atomic E-state index is 11.5. The van der Waals surface area contributed by atoms with Gasteiger partial charge in [-0.15, -0.1) is 0 Å². The average Bonchev–Trinajstić information content (AvgIpc) is 2.18. The zero-order valence-electron chi connectivity index (χ0n) is 11.2. The van der Waals surface area contributed by atoms with Crippen LogP contribution in [0.5, 0.6) is 0 Å². The number of carbonyl (C=O) groups excluding carboxylic acids is 2. The number of rotatable bonds is 5. The van der Waals surface area contributed by atoms with Gasteiger partial charge in [0.2, 0.25) is 5.91 Å². The van der Waals surface area contributed by atoms with Crippen molar-refractivity contribution in [3.05, 3.63) is 0 Å². The summed E-state index contributed by atoms with van der Waals surface area (Å²) < 4.78 is 0. The Morgan fingerprint density at radius 2 is 1.61 bits per heavy atom. The van der Waals surface area contributed by atoms with E-state index in [1.807, 2.05) is 0 Å². The van der Waals surface area contributed by atoms with Crippen LogP contribution in [0, 0.1) is 5.41 Å².